The van der Waals surface area contributed by atoms with Gasteiger partial charge in [0, 0.05) is 18.5 Å². The van der Waals surface area contributed by atoms with Gasteiger partial charge in [0.25, 0.3) is 0 Å². The van der Waals surface area contributed by atoms with Crippen molar-refractivity contribution in [3.05, 3.63) is 28.2 Å². The molecular weight excluding hydrogens is 280 g/mol. The second-order valence-electron chi connectivity index (χ2n) is 3.87. The molecule has 1 aliphatic heterocycles. The summed E-state index contributed by atoms with van der Waals surface area (Å²) in [5.74, 6) is -0.790. The first-order valence-electron chi connectivity index (χ1n) is 5.15. The normalized spacial score (nSPS) is 20.1. The van der Waals surface area contributed by atoms with Crippen LogP contribution in [0.5, 0.6) is 5.75 Å². The fraction of sp³-hybridized carbons (Fsp3) is 0.455. The lowest BCUT2D eigenvalue weighted by atomic mass is 10.1. The van der Waals surface area contributed by atoms with Crippen LogP contribution in [0.25, 0.3) is 0 Å². The number of hydrogen-bond acceptors (Lipinski definition) is 2. The van der Waals surface area contributed by atoms with Crippen molar-refractivity contribution in [1.82, 2.24) is 5.32 Å². The summed E-state index contributed by atoms with van der Waals surface area (Å²) in [5.41, 5.74) is 0. The molecule has 88 valence electrons. The van der Waals surface area contributed by atoms with E-state index in [1.54, 1.807) is 0 Å². The SMILES string of the molecule is Fc1cc(F)c(OCC2CCNC2)c(Br)c1. The summed E-state index contributed by atoms with van der Waals surface area (Å²) < 4.78 is 31.9. The van der Waals surface area contributed by atoms with Gasteiger partial charge in [-0.15, -0.1) is 0 Å². The highest BCUT2D eigenvalue weighted by Gasteiger charge is 2.17. The van der Waals surface area contributed by atoms with Crippen LogP contribution in [-0.4, -0.2) is 19.7 Å². The molecule has 0 aromatic heterocycles. The molecule has 1 aromatic carbocycles. The second-order valence-corrected chi connectivity index (χ2v) is 4.72. The molecule has 0 radical (unpaired) electrons. The van der Waals surface area contributed by atoms with E-state index in [1.165, 1.54) is 6.07 Å². The Morgan fingerprint density at radius 3 is 2.88 bits per heavy atom. The zero-order valence-electron chi connectivity index (χ0n) is 8.60. The second kappa shape index (κ2) is 5.10. The topological polar surface area (TPSA) is 21.3 Å². The Bertz CT molecular complexity index is 357. The molecule has 5 heteroatoms. The van der Waals surface area contributed by atoms with Gasteiger partial charge in [-0.3, -0.25) is 0 Å². The van der Waals surface area contributed by atoms with Crippen molar-refractivity contribution in [2.24, 2.45) is 5.92 Å². The van der Waals surface area contributed by atoms with E-state index in [2.05, 4.69) is 21.2 Å². The lowest BCUT2D eigenvalue weighted by Gasteiger charge is -2.12. The van der Waals surface area contributed by atoms with Gasteiger partial charge in [0.2, 0.25) is 0 Å². The van der Waals surface area contributed by atoms with Crippen molar-refractivity contribution in [3.8, 4) is 5.75 Å². The molecule has 2 rings (SSSR count). The van der Waals surface area contributed by atoms with Crippen LogP contribution in [0, 0.1) is 17.6 Å². The smallest absolute Gasteiger partial charge is 0.169 e. The van der Waals surface area contributed by atoms with Crippen LogP contribution in [0.1, 0.15) is 6.42 Å². The minimum Gasteiger partial charge on any atom is -0.489 e. The number of halogens is 3. The highest BCUT2D eigenvalue weighted by molar-refractivity contribution is 9.10. The van der Waals surface area contributed by atoms with Crippen LogP contribution in [-0.2, 0) is 0 Å². The quantitative estimate of drug-likeness (QED) is 0.925. The number of rotatable bonds is 3. The Labute approximate surface area is 101 Å². The molecule has 0 amide bonds. The summed E-state index contributed by atoms with van der Waals surface area (Å²) in [6.45, 7) is 2.32. The largest absolute Gasteiger partial charge is 0.489 e. The van der Waals surface area contributed by atoms with Crippen molar-refractivity contribution in [2.75, 3.05) is 19.7 Å². The van der Waals surface area contributed by atoms with E-state index in [1.807, 2.05) is 0 Å². The van der Waals surface area contributed by atoms with Gasteiger partial charge in [-0.1, -0.05) is 0 Å². The standard InChI is InChI=1S/C11H12BrF2NO/c12-9-3-8(13)4-10(14)11(9)16-6-7-1-2-15-5-7/h3-4,7,15H,1-2,5-6H2. The number of nitrogens with one attached hydrogen (secondary N) is 1. The minimum absolute atomic E-state index is 0.0910. The van der Waals surface area contributed by atoms with E-state index in [0.717, 1.165) is 25.6 Å². The molecule has 16 heavy (non-hydrogen) atoms. The first-order valence-corrected chi connectivity index (χ1v) is 5.94. The minimum atomic E-state index is -0.669. The molecule has 0 bridgehead atoms. The van der Waals surface area contributed by atoms with Crippen molar-refractivity contribution in [1.29, 1.82) is 0 Å². The maximum Gasteiger partial charge on any atom is 0.169 e. The molecule has 1 saturated heterocycles. The zero-order valence-corrected chi connectivity index (χ0v) is 10.2. The molecule has 1 fully saturated rings. The third-order valence-electron chi connectivity index (χ3n) is 2.59. The molecule has 2 nitrogen and oxygen atoms in total. The van der Waals surface area contributed by atoms with Gasteiger partial charge in [-0.2, -0.15) is 0 Å². The van der Waals surface area contributed by atoms with Crippen LogP contribution < -0.4 is 10.1 Å². The molecule has 1 aliphatic rings. The number of benzene rings is 1. The molecule has 1 unspecified atom stereocenters. The fourth-order valence-electron chi connectivity index (χ4n) is 1.72. The zero-order chi connectivity index (χ0) is 11.5. The molecule has 1 N–H and O–H groups in total. The average molecular weight is 292 g/mol. The van der Waals surface area contributed by atoms with Gasteiger partial charge < -0.3 is 10.1 Å². The summed E-state index contributed by atoms with van der Waals surface area (Å²) in [7, 11) is 0. The van der Waals surface area contributed by atoms with Crippen molar-refractivity contribution >= 4 is 15.9 Å². The monoisotopic (exact) mass is 291 g/mol. The van der Waals surface area contributed by atoms with E-state index < -0.39 is 11.6 Å². The Hall–Kier alpha value is -0.680. The molecule has 1 atom stereocenters. The Balaban J connectivity index is 2.03. The predicted octanol–water partition coefficient (Wildman–Crippen LogP) is 2.72. The highest BCUT2D eigenvalue weighted by atomic mass is 79.9. The van der Waals surface area contributed by atoms with E-state index in [9.17, 15) is 8.78 Å². The summed E-state index contributed by atoms with van der Waals surface area (Å²) in [6.07, 6.45) is 1.03. The van der Waals surface area contributed by atoms with Crippen LogP contribution >= 0.6 is 15.9 Å². The third kappa shape index (κ3) is 2.71. The van der Waals surface area contributed by atoms with Gasteiger partial charge in [0.05, 0.1) is 11.1 Å². The molecule has 1 heterocycles. The van der Waals surface area contributed by atoms with E-state index in [0.29, 0.717) is 17.0 Å². The van der Waals surface area contributed by atoms with Gasteiger partial charge >= 0.3 is 0 Å². The Morgan fingerprint density at radius 1 is 1.44 bits per heavy atom. The van der Waals surface area contributed by atoms with Crippen LogP contribution in [0.4, 0.5) is 8.78 Å². The first kappa shape index (κ1) is 11.8. The van der Waals surface area contributed by atoms with Gasteiger partial charge in [-0.25, -0.2) is 8.78 Å². The van der Waals surface area contributed by atoms with E-state index in [4.69, 9.17) is 4.74 Å². The maximum atomic E-state index is 13.4. The van der Waals surface area contributed by atoms with Crippen molar-refractivity contribution < 1.29 is 13.5 Å². The Kier molecular flexibility index (Phi) is 3.76. The summed E-state index contributed by atoms with van der Waals surface area (Å²) >= 11 is 3.09. The van der Waals surface area contributed by atoms with Gasteiger partial charge in [0.15, 0.2) is 11.6 Å². The molecule has 0 spiro atoms. The molecular formula is C11H12BrF2NO. The number of ether oxygens (including phenoxy) is 1. The van der Waals surface area contributed by atoms with Gasteiger partial charge in [0.1, 0.15) is 5.82 Å². The van der Waals surface area contributed by atoms with E-state index in [-0.39, 0.29) is 5.75 Å². The highest BCUT2D eigenvalue weighted by Crippen LogP contribution is 2.29. The van der Waals surface area contributed by atoms with Crippen molar-refractivity contribution in [3.63, 3.8) is 0 Å². The summed E-state index contributed by atoms with van der Waals surface area (Å²) in [4.78, 5) is 0. The van der Waals surface area contributed by atoms with Crippen LogP contribution in [0.15, 0.2) is 16.6 Å². The lowest BCUT2D eigenvalue weighted by Crippen LogP contribution is -2.16. The van der Waals surface area contributed by atoms with Gasteiger partial charge in [-0.05, 0) is 35.0 Å². The third-order valence-corrected chi connectivity index (χ3v) is 3.18. The maximum absolute atomic E-state index is 13.4. The number of hydrogen-bond donors (Lipinski definition) is 1. The first-order chi connectivity index (χ1) is 7.66. The van der Waals surface area contributed by atoms with Crippen LogP contribution in [0.3, 0.4) is 0 Å². The fourth-order valence-corrected chi connectivity index (χ4v) is 2.25. The lowest BCUT2D eigenvalue weighted by molar-refractivity contribution is 0.247. The average Bonchev–Trinajstić information content (AvgIpc) is 2.68. The summed E-state index contributed by atoms with van der Waals surface area (Å²) in [5, 5.41) is 3.20. The summed E-state index contributed by atoms with van der Waals surface area (Å²) in [6, 6.07) is 2.03. The molecule has 1 aromatic rings. The van der Waals surface area contributed by atoms with Crippen molar-refractivity contribution in [2.45, 2.75) is 6.42 Å². The molecule has 0 saturated carbocycles. The van der Waals surface area contributed by atoms with Crippen LogP contribution in [0.2, 0.25) is 0 Å². The Morgan fingerprint density at radius 2 is 2.25 bits per heavy atom. The predicted molar refractivity (Wildman–Crippen MR) is 60.5 cm³/mol. The van der Waals surface area contributed by atoms with E-state index >= 15 is 0 Å². The molecule has 0 aliphatic carbocycles.